The van der Waals surface area contributed by atoms with Gasteiger partial charge in [0.15, 0.2) is 0 Å². The molecule has 4 nitrogen and oxygen atoms in total. The Labute approximate surface area is 117 Å². The van der Waals surface area contributed by atoms with E-state index in [2.05, 4.69) is 16.5 Å². The zero-order valence-electron chi connectivity index (χ0n) is 11.0. The van der Waals surface area contributed by atoms with Gasteiger partial charge in [0.1, 0.15) is 0 Å². The van der Waals surface area contributed by atoms with Crippen LogP contribution >= 0.6 is 11.3 Å². The Kier molecular flexibility index (Phi) is 4.71. The molecule has 0 atom stereocenters. The lowest BCUT2D eigenvalue weighted by molar-refractivity contribution is -0.152. The molecule has 1 N–H and O–H groups in total. The highest BCUT2D eigenvalue weighted by molar-refractivity contribution is 7.09. The third-order valence-corrected chi connectivity index (χ3v) is 4.72. The maximum atomic E-state index is 11.5. The first kappa shape index (κ1) is 14.2. The topological polar surface area (TPSA) is 53.4 Å². The van der Waals surface area contributed by atoms with Crippen molar-refractivity contribution in [3.8, 4) is 0 Å². The first-order valence-electron chi connectivity index (χ1n) is 6.60. The molecule has 0 amide bonds. The molecule has 1 saturated heterocycles. The van der Waals surface area contributed by atoms with Gasteiger partial charge in [-0.05, 0) is 38.8 Å². The fourth-order valence-electron chi connectivity index (χ4n) is 2.63. The summed E-state index contributed by atoms with van der Waals surface area (Å²) in [7, 11) is 0. The summed E-state index contributed by atoms with van der Waals surface area (Å²) < 4.78 is 0. The second-order valence-electron chi connectivity index (χ2n) is 5.16. The van der Waals surface area contributed by atoms with Gasteiger partial charge in [0.25, 0.3) is 0 Å². The highest BCUT2D eigenvalue weighted by Gasteiger charge is 2.40. The van der Waals surface area contributed by atoms with Gasteiger partial charge in [-0.2, -0.15) is 0 Å². The van der Waals surface area contributed by atoms with Crippen LogP contribution in [0.25, 0.3) is 0 Å². The molecule has 0 spiro atoms. The van der Waals surface area contributed by atoms with E-state index in [1.165, 1.54) is 4.88 Å². The maximum absolute atomic E-state index is 11.5. The zero-order chi connectivity index (χ0) is 13.7. The number of hydrogen-bond donors (Lipinski definition) is 1. The van der Waals surface area contributed by atoms with Gasteiger partial charge in [0, 0.05) is 17.6 Å². The molecule has 2 rings (SSSR count). The molecule has 0 saturated carbocycles. The molecule has 1 aromatic heterocycles. The molecule has 2 heterocycles. The molecule has 0 radical (unpaired) electrons. The van der Waals surface area contributed by atoms with Crippen LogP contribution in [0.5, 0.6) is 0 Å². The lowest BCUT2D eigenvalue weighted by Crippen LogP contribution is -2.44. The van der Waals surface area contributed by atoms with Crippen LogP contribution < -0.4 is 0 Å². The van der Waals surface area contributed by atoms with Gasteiger partial charge in [-0.25, -0.2) is 0 Å². The summed E-state index contributed by atoms with van der Waals surface area (Å²) in [5.41, 5.74) is 1.29. The number of rotatable bonds is 6. The summed E-state index contributed by atoms with van der Waals surface area (Å²) in [5.74, 6) is -0.646. The number of carboxylic acids is 1. The van der Waals surface area contributed by atoms with Crippen molar-refractivity contribution in [3.63, 3.8) is 0 Å². The maximum Gasteiger partial charge on any atom is 0.309 e. The van der Waals surface area contributed by atoms with Crippen LogP contribution in [0.2, 0.25) is 0 Å². The van der Waals surface area contributed by atoms with Gasteiger partial charge in [-0.1, -0.05) is 6.08 Å². The van der Waals surface area contributed by atoms with Crippen LogP contribution in [0.15, 0.2) is 24.4 Å². The van der Waals surface area contributed by atoms with Crippen molar-refractivity contribution in [2.24, 2.45) is 5.41 Å². The van der Waals surface area contributed by atoms with Crippen molar-refractivity contribution in [2.75, 3.05) is 13.1 Å². The summed E-state index contributed by atoms with van der Waals surface area (Å²) >= 11 is 1.65. The predicted octanol–water partition coefficient (Wildman–Crippen LogP) is 2.78. The van der Waals surface area contributed by atoms with E-state index in [9.17, 15) is 9.90 Å². The number of carbonyl (C=O) groups is 1. The molecule has 0 aliphatic carbocycles. The van der Waals surface area contributed by atoms with E-state index >= 15 is 0 Å². The summed E-state index contributed by atoms with van der Waals surface area (Å²) in [6.45, 7) is 6.28. The largest absolute Gasteiger partial charge is 0.481 e. The van der Waals surface area contributed by atoms with Crippen molar-refractivity contribution < 1.29 is 9.90 Å². The zero-order valence-corrected chi connectivity index (χ0v) is 11.9. The van der Waals surface area contributed by atoms with Gasteiger partial charge in [0.2, 0.25) is 0 Å². The van der Waals surface area contributed by atoms with Crippen molar-refractivity contribution in [3.05, 3.63) is 29.2 Å². The molecule has 0 unspecified atom stereocenters. The third kappa shape index (κ3) is 3.42. The quantitative estimate of drug-likeness (QED) is 0.814. The van der Waals surface area contributed by atoms with Gasteiger partial charge in [-0.3, -0.25) is 14.7 Å². The Morgan fingerprint density at radius 2 is 2.32 bits per heavy atom. The number of aliphatic carboxylic acids is 1. The number of carboxylic acid groups (broad SMARTS) is 1. The number of allylic oxidation sites excluding steroid dienone is 1. The van der Waals surface area contributed by atoms with Gasteiger partial charge in [-0.15, -0.1) is 17.9 Å². The minimum absolute atomic E-state index is 0.543. The Bertz CT molecular complexity index is 423. The number of thiazole rings is 1. The van der Waals surface area contributed by atoms with Gasteiger partial charge >= 0.3 is 5.97 Å². The lowest BCUT2D eigenvalue weighted by atomic mass is 9.75. The van der Waals surface area contributed by atoms with Crippen LogP contribution in [0.4, 0.5) is 0 Å². The standard InChI is InChI=1S/C14H20N2O2S/c1-2-3-4-14(13(17)18)5-7-16(8-6-14)10-12-9-15-11-19-12/h2,9,11H,1,3-8,10H2,(H,17,18). The van der Waals surface area contributed by atoms with Gasteiger partial charge < -0.3 is 5.11 Å². The summed E-state index contributed by atoms with van der Waals surface area (Å²) in [5, 5.41) is 9.50. The molecule has 0 bridgehead atoms. The van der Waals surface area contributed by atoms with E-state index in [-0.39, 0.29) is 0 Å². The number of piperidine rings is 1. The Hall–Kier alpha value is -1.20. The third-order valence-electron chi connectivity index (χ3n) is 3.96. The highest BCUT2D eigenvalue weighted by atomic mass is 32.1. The number of hydrogen-bond acceptors (Lipinski definition) is 4. The summed E-state index contributed by atoms with van der Waals surface area (Å²) in [6, 6.07) is 0. The average Bonchev–Trinajstić information content (AvgIpc) is 2.91. The SMILES string of the molecule is C=CCCC1(C(=O)O)CCN(Cc2cncs2)CC1. The molecule has 1 aliphatic heterocycles. The van der Waals surface area contributed by atoms with Crippen LogP contribution in [-0.2, 0) is 11.3 Å². The molecule has 0 aromatic carbocycles. The first-order valence-corrected chi connectivity index (χ1v) is 7.48. The number of aromatic nitrogens is 1. The normalized spacial score (nSPS) is 19.2. The number of nitrogens with zero attached hydrogens (tertiary/aromatic N) is 2. The Balaban J connectivity index is 1.91. The molecule has 5 heteroatoms. The predicted molar refractivity (Wildman–Crippen MR) is 76.1 cm³/mol. The lowest BCUT2D eigenvalue weighted by Gasteiger charge is -2.38. The molecule has 104 valence electrons. The second-order valence-corrected chi connectivity index (χ2v) is 6.13. The minimum atomic E-state index is -0.646. The fourth-order valence-corrected chi connectivity index (χ4v) is 3.26. The summed E-state index contributed by atoms with van der Waals surface area (Å²) in [4.78, 5) is 19.2. The summed E-state index contributed by atoms with van der Waals surface area (Å²) in [6.07, 6.45) is 6.65. The monoisotopic (exact) mass is 280 g/mol. The molecular weight excluding hydrogens is 260 g/mol. The molecule has 1 fully saturated rings. The molecular formula is C14H20N2O2S. The van der Waals surface area contributed by atoms with E-state index < -0.39 is 11.4 Å². The fraction of sp³-hybridized carbons (Fsp3) is 0.571. The molecule has 1 aliphatic rings. The van der Waals surface area contributed by atoms with E-state index in [1.807, 2.05) is 17.8 Å². The second kappa shape index (κ2) is 6.30. The van der Waals surface area contributed by atoms with E-state index in [0.717, 1.165) is 38.9 Å². The van der Waals surface area contributed by atoms with Crippen molar-refractivity contribution >= 4 is 17.3 Å². The van der Waals surface area contributed by atoms with Crippen molar-refractivity contribution in [2.45, 2.75) is 32.2 Å². The molecule has 1 aromatic rings. The van der Waals surface area contributed by atoms with E-state index in [1.54, 1.807) is 11.3 Å². The number of likely N-dealkylation sites (tertiary alicyclic amines) is 1. The van der Waals surface area contributed by atoms with Crippen LogP contribution in [-0.4, -0.2) is 34.0 Å². The van der Waals surface area contributed by atoms with Gasteiger partial charge in [0.05, 0.1) is 10.9 Å². The van der Waals surface area contributed by atoms with Crippen LogP contribution in [0, 0.1) is 5.41 Å². The Morgan fingerprint density at radius 3 is 2.84 bits per heavy atom. The molecule has 19 heavy (non-hydrogen) atoms. The first-order chi connectivity index (χ1) is 9.16. The van der Waals surface area contributed by atoms with E-state index in [4.69, 9.17) is 0 Å². The van der Waals surface area contributed by atoms with Crippen molar-refractivity contribution in [1.29, 1.82) is 0 Å². The highest BCUT2D eigenvalue weighted by Crippen LogP contribution is 2.37. The average molecular weight is 280 g/mol. The van der Waals surface area contributed by atoms with E-state index in [0.29, 0.717) is 6.42 Å². The van der Waals surface area contributed by atoms with Crippen molar-refractivity contribution in [1.82, 2.24) is 9.88 Å². The minimum Gasteiger partial charge on any atom is -0.481 e. The van der Waals surface area contributed by atoms with Crippen LogP contribution in [0.3, 0.4) is 0 Å². The smallest absolute Gasteiger partial charge is 0.309 e. The Morgan fingerprint density at radius 1 is 1.58 bits per heavy atom. The van der Waals surface area contributed by atoms with Crippen LogP contribution in [0.1, 0.15) is 30.6 Å².